The third kappa shape index (κ3) is 5.67. The average molecular weight is 574 g/mol. The van der Waals surface area contributed by atoms with E-state index in [0.29, 0.717) is 0 Å². The van der Waals surface area contributed by atoms with E-state index in [1.165, 1.54) is 18.2 Å². The summed E-state index contributed by atoms with van der Waals surface area (Å²) < 4.78 is 59.6. The van der Waals surface area contributed by atoms with Crippen LogP contribution < -0.4 is 5.32 Å². The molecule has 3 aromatic carbocycles. The minimum Gasteiger partial charge on any atom is -0.449 e. The van der Waals surface area contributed by atoms with Gasteiger partial charge in [-0.2, -0.15) is 18.4 Å². The van der Waals surface area contributed by atoms with Crippen molar-refractivity contribution < 1.29 is 32.0 Å². The number of nitrogens with one attached hydrogen (secondary N) is 1. The maximum Gasteiger partial charge on any atom is 0.492 e. The lowest BCUT2D eigenvalue weighted by molar-refractivity contribution is -0.137. The number of alkyl halides is 3. The molecule has 0 atom stereocenters. The third-order valence-corrected chi connectivity index (χ3v) is 8.17. The summed E-state index contributed by atoms with van der Waals surface area (Å²) in [6.07, 6.45) is -4.15. The van der Waals surface area contributed by atoms with E-state index < -0.39 is 36.2 Å². The Kier molecular flexibility index (Phi) is 7.69. The molecule has 1 amide bonds. The summed E-state index contributed by atoms with van der Waals surface area (Å²) in [7, 11) is -1.03. The van der Waals surface area contributed by atoms with Crippen molar-refractivity contribution in [2.24, 2.45) is 0 Å². The molecule has 5 rings (SSSR count). The number of ether oxygens (including phenoxy) is 1. The van der Waals surface area contributed by atoms with E-state index >= 15 is 0 Å². The van der Waals surface area contributed by atoms with Gasteiger partial charge in [-0.1, -0.05) is 60.7 Å². The number of benzene rings is 3. The second-order valence-electron chi connectivity index (χ2n) is 11.4. The van der Waals surface area contributed by atoms with Crippen molar-refractivity contribution in [2.45, 2.75) is 51.0 Å². The van der Waals surface area contributed by atoms with Gasteiger partial charge in [0.25, 0.3) is 0 Å². The third-order valence-electron chi connectivity index (χ3n) is 8.17. The Morgan fingerprint density at radius 2 is 1.57 bits per heavy atom. The number of carbonyl (C=O) groups excluding carboxylic acids is 1. The molecule has 0 bridgehead atoms. The van der Waals surface area contributed by atoms with Gasteiger partial charge in [-0.15, -0.1) is 0 Å². The van der Waals surface area contributed by atoms with Crippen molar-refractivity contribution in [3.63, 3.8) is 0 Å². The molecule has 1 aliphatic heterocycles. The molecule has 3 aromatic rings. The molecule has 1 saturated heterocycles. The lowest BCUT2D eigenvalue weighted by atomic mass is 9.76. The van der Waals surface area contributed by atoms with Gasteiger partial charge >= 0.3 is 19.4 Å². The maximum absolute atomic E-state index is 13.9. The van der Waals surface area contributed by atoms with Crippen LogP contribution in [0.5, 0.6) is 0 Å². The fraction of sp³-hybridized carbons (Fsp3) is 0.312. The van der Waals surface area contributed by atoms with Gasteiger partial charge in [0.2, 0.25) is 0 Å². The number of hydrogen-bond donors (Lipinski definition) is 1. The molecule has 6 nitrogen and oxygen atoms in total. The molecule has 42 heavy (non-hydrogen) atoms. The van der Waals surface area contributed by atoms with Gasteiger partial charge in [0.1, 0.15) is 6.61 Å². The monoisotopic (exact) mass is 574 g/mol. The first-order chi connectivity index (χ1) is 19.8. The van der Waals surface area contributed by atoms with Crippen molar-refractivity contribution in [2.75, 3.05) is 13.2 Å². The van der Waals surface area contributed by atoms with E-state index in [1.807, 2.05) is 76.2 Å². The van der Waals surface area contributed by atoms with Crippen LogP contribution in [-0.4, -0.2) is 37.6 Å². The number of nitriles is 1. The van der Waals surface area contributed by atoms with Crippen LogP contribution in [0.3, 0.4) is 0 Å². The summed E-state index contributed by atoms with van der Waals surface area (Å²) >= 11 is 0. The highest BCUT2D eigenvalue weighted by Crippen LogP contribution is 2.44. The Labute approximate surface area is 243 Å². The van der Waals surface area contributed by atoms with Crippen LogP contribution in [0.4, 0.5) is 18.0 Å². The van der Waals surface area contributed by atoms with E-state index in [2.05, 4.69) is 5.32 Å². The van der Waals surface area contributed by atoms with Gasteiger partial charge < -0.3 is 19.4 Å². The summed E-state index contributed by atoms with van der Waals surface area (Å²) in [6.45, 7) is 7.20. The number of amides is 1. The number of rotatable bonds is 6. The number of carbonyl (C=O) groups is 1. The molecule has 2 aliphatic rings. The van der Waals surface area contributed by atoms with Crippen LogP contribution in [0, 0.1) is 11.3 Å². The first-order valence-corrected chi connectivity index (χ1v) is 13.6. The van der Waals surface area contributed by atoms with Gasteiger partial charge in [-0.3, -0.25) is 0 Å². The molecule has 0 saturated carbocycles. The predicted molar refractivity (Wildman–Crippen MR) is 153 cm³/mol. The highest BCUT2D eigenvalue weighted by atomic mass is 19.4. The number of halogens is 3. The summed E-state index contributed by atoms with van der Waals surface area (Å²) in [6, 6.07) is 21.0. The van der Waals surface area contributed by atoms with Crippen molar-refractivity contribution in [3.05, 3.63) is 100 Å². The normalized spacial score (nSPS) is 17.4. The van der Waals surface area contributed by atoms with Gasteiger partial charge in [0.05, 0.1) is 28.4 Å². The van der Waals surface area contributed by atoms with Crippen molar-refractivity contribution in [1.29, 1.82) is 5.26 Å². The Morgan fingerprint density at radius 1 is 1.00 bits per heavy atom. The van der Waals surface area contributed by atoms with Gasteiger partial charge in [0, 0.05) is 12.5 Å². The minimum atomic E-state index is -4.71. The van der Waals surface area contributed by atoms with Crippen LogP contribution in [0.1, 0.15) is 61.4 Å². The van der Waals surface area contributed by atoms with E-state index in [4.69, 9.17) is 19.3 Å². The largest absolute Gasteiger partial charge is 0.492 e. The van der Waals surface area contributed by atoms with Crippen molar-refractivity contribution in [3.8, 4) is 17.2 Å². The summed E-state index contributed by atoms with van der Waals surface area (Å²) in [4.78, 5) is 12.9. The van der Waals surface area contributed by atoms with Gasteiger partial charge in [0.15, 0.2) is 0 Å². The molecule has 0 spiro atoms. The zero-order chi connectivity index (χ0) is 30.3. The standard InChI is InChI=1S/C32H30BF3N2O4/c1-30(2)31(3,4)42-33(41-30)22(16-21-14-13-20(17-37)15-28(21)32(34,35)36)18-38-29(39)40-19-27-25-11-7-5-9-23(25)24-10-6-8-12-26(24)27/h5-16,27H,18-19H2,1-4H3,(H,38,39). The van der Waals surface area contributed by atoms with E-state index in [0.717, 1.165) is 28.3 Å². The van der Waals surface area contributed by atoms with Crippen LogP contribution in [0.15, 0.2) is 72.2 Å². The zero-order valence-corrected chi connectivity index (χ0v) is 23.7. The maximum atomic E-state index is 13.9. The second-order valence-corrected chi connectivity index (χ2v) is 11.4. The summed E-state index contributed by atoms with van der Waals surface area (Å²) in [5, 5.41) is 11.8. The van der Waals surface area contributed by atoms with Crippen molar-refractivity contribution in [1.82, 2.24) is 5.32 Å². The quantitative estimate of drug-likeness (QED) is 0.317. The van der Waals surface area contributed by atoms with E-state index in [9.17, 15) is 18.0 Å². The van der Waals surface area contributed by atoms with Crippen molar-refractivity contribution >= 4 is 19.3 Å². The molecule has 0 radical (unpaired) electrons. The average Bonchev–Trinajstić information content (AvgIpc) is 3.38. The lowest BCUT2D eigenvalue weighted by Gasteiger charge is -2.32. The highest BCUT2D eigenvalue weighted by molar-refractivity contribution is 6.56. The smallest absolute Gasteiger partial charge is 0.449 e. The Hall–Kier alpha value is -4.07. The van der Waals surface area contributed by atoms with Crippen LogP contribution >= 0.6 is 0 Å². The number of fused-ring (bicyclic) bond motifs is 3. The molecule has 1 aliphatic carbocycles. The number of nitrogens with zero attached hydrogens (tertiary/aromatic N) is 1. The first-order valence-electron chi connectivity index (χ1n) is 13.6. The fourth-order valence-corrected chi connectivity index (χ4v) is 5.22. The molecule has 1 fully saturated rings. The van der Waals surface area contributed by atoms with Gasteiger partial charge in [-0.25, -0.2) is 4.79 Å². The predicted octanol–water partition coefficient (Wildman–Crippen LogP) is 7.13. The molecule has 216 valence electrons. The Bertz CT molecular complexity index is 1530. The number of alkyl carbamates (subject to hydrolysis) is 1. The first kappa shape index (κ1) is 29.4. The van der Waals surface area contributed by atoms with Crippen LogP contribution in [-0.2, 0) is 20.2 Å². The summed E-state index contributed by atoms with van der Waals surface area (Å²) in [5.41, 5.74) is 1.76. The second kappa shape index (κ2) is 11.0. The molecule has 1 heterocycles. The molecule has 1 N–H and O–H groups in total. The van der Waals surface area contributed by atoms with Gasteiger partial charge in [-0.05, 0) is 73.1 Å². The molecular weight excluding hydrogens is 544 g/mol. The fourth-order valence-electron chi connectivity index (χ4n) is 5.22. The molecule has 10 heteroatoms. The molecular formula is C32H30BF3N2O4. The minimum absolute atomic E-state index is 0.0865. The van der Waals surface area contributed by atoms with Crippen LogP contribution in [0.2, 0.25) is 0 Å². The Morgan fingerprint density at radius 3 is 2.12 bits per heavy atom. The highest BCUT2D eigenvalue weighted by Gasteiger charge is 2.52. The Balaban J connectivity index is 1.37. The van der Waals surface area contributed by atoms with E-state index in [-0.39, 0.29) is 35.7 Å². The SMILES string of the molecule is CC1(C)OB(C(=Cc2ccc(C#N)cc2C(F)(F)F)CNC(=O)OCC2c3ccccc3-c3ccccc32)OC1(C)C. The number of hydrogen-bond acceptors (Lipinski definition) is 5. The molecule has 0 unspecified atom stereocenters. The lowest BCUT2D eigenvalue weighted by Crippen LogP contribution is -2.41. The zero-order valence-electron chi connectivity index (χ0n) is 23.7. The topological polar surface area (TPSA) is 80.6 Å². The van der Waals surface area contributed by atoms with Crippen LogP contribution in [0.25, 0.3) is 17.2 Å². The molecule has 0 aromatic heterocycles. The summed E-state index contributed by atoms with van der Waals surface area (Å²) in [5.74, 6) is -0.144. The van der Waals surface area contributed by atoms with E-state index in [1.54, 1.807) is 6.07 Å².